The highest BCUT2D eigenvalue weighted by Gasteiger charge is 2.00. The molecule has 0 saturated carbocycles. The Kier molecular flexibility index (Phi) is 7.13. The maximum absolute atomic E-state index is 3.98. The monoisotopic (exact) mass is 306 g/mol. The van der Waals surface area contributed by atoms with Gasteiger partial charge in [-0.05, 0) is 48.4 Å². The molecule has 0 aliphatic heterocycles. The zero-order chi connectivity index (χ0) is 16.5. The van der Waals surface area contributed by atoms with E-state index in [1.807, 2.05) is 0 Å². The Labute approximate surface area is 142 Å². The summed E-state index contributed by atoms with van der Waals surface area (Å²) in [5.74, 6) is 0. The highest BCUT2D eigenvalue weighted by Crippen LogP contribution is 2.22. The van der Waals surface area contributed by atoms with Crippen LogP contribution in [0.5, 0.6) is 0 Å². The number of allylic oxidation sites excluding steroid dienone is 1. The normalized spacial score (nSPS) is 10.7. The van der Waals surface area contributed by atoms with Gasteiger partial charge in [-0.2, -0.15) is 0 Å². The Morgan fingerprint density at radius 1 is 0.739 bits per heavy atom. The predicted molar refractivity (Wildman–Crippen MR) is 103 cm³/mol. The van der Waals surface area contributed by atoms with Crippen LogP contribution in [0.4, 0.5) is 0 Å². The van der Waals surface area contributed by atoms with Gasteiger partial charge in [-0.25, -0.2) is 0 Å². The average Bonchev–Trinajstić information content (AvgIpc) is 2.55. The zero-order valence-corrected chi connectivity index (χ0v) is 14.8. The lowest BCUT2D eigenvalue weighted by Gasteiger charge is -2.06. The molecule has 0 bridgehead atoms. The summed E-state index contributed by atoms with van der Waals surface area (Å²) in [4.78, 5) is 0. The molecule has 0 amide bonds. The van der Waals surface area contributed by atoms with Crippen molar-refractivity contribution in [2.75, 3.05) is 0 Å². The van der Waals surface area contributed by atoms with E-state index < -0.39 is 0 Å². The fraction of sp³-hybridized carbons (Fsp3) is 0.391. The Balaban J connectivity index is 1.90. The third-order valence-electron chi connectivity index (χ3n) is 4.32. The highest BCUT2D eigenvalue weighted by atomic mass is 14.1. The third kappa shape index (κ3) is 6.06. The molecule has 122 valence electrons. The maximum Gasteiger partial charge on any atom is -0.00726 e. The molecule has 0 heterocycles. The van der Waals surface area contributed by atoms with Gasteiger partial charge in [0.2, 0.25) is 0 Å². The van der Waals surface area contributed by atoms with Crippen molar-refractivity contribution in [3.8, 4) is 11.1 Å². The summed E-state index contributed by atoms with van der Waals surface area (Å²) < 4.78 is 0. The van der Waals surface area contributed by atoms with E-state index in [0.717, 1.165) is 6.42 Å². The molecule has 2 aromatic carbocycles. The molecule has 0 aliphatic rings. The summed E-state index contributed by atoms with van der Waals surface area (Å²) in [7, 11) is 0. The van der Waals surface area contributed by atoms with E-state index in [0.29, 0.717) is 0 Å². The van der Waals surface area contributed by atoms with Gasteiger partial charge in [-0.1, -0.05) is 93.3 Å². The van der Waals surface area contributed by atoms with Crippen molar-refractivity contribution in [2.45, 2.75) is 58.8 Å². The van der Waals surface area contributed by atoms with Crippen molar-refractivity contribution in [3.63, 3.8) is 0 Å². The van der Waals surface area contributed by atoms with E-state index in [1.165, 1.54) is 66.4 Å². The van der Waals surface area contributed by atoms with E-state index >= 15 is 0 Å². The summed E-state index contributed by atoms with van der Waals surface area (Å²) in [5.41, 5.74) is 6.61. The van der Waals surface area contributed by atoms with Crippen molar-refractivity contribution in [1.82, 2.24) is 0 Å². The fourth-order valence-corrected chi connectivity index (χ4v) is 2.96. The second-order valence-corrected chi connectivity index (χ2v) is 6.69. The van der Waals surface area contributed by atoms with Crippen molar-refractivity contribution >= 4 is 0 Å². The van der Waals surface area contributed by atoms with Crippen molar-refractivity contribution in [1.29, 1.82) is 0 Å². The van der Waals surface area contributed by atoms with Gasteiger partial charge in [0.1, 0.15) is 0 Å². The highest BCUT2D eigenvalue weighted by molar-refractivity contribution is 5.64. The Bertz CT molecular complexity index is 587. The van der Waals surface area contributed by atoms with Crippen molar-refractivity contribution < 1.29 is 0 Å². The second-order valence-electron chi connectivity index (χ2n) is 6.69. The van der Waals surface area contributed by atoms with Gasteiger partial charge in [-0.3, -0.25) is 0 Å². The van der Waals surface area contributed by atoms with Gasteiger partial charge in [-0.15, -0.1) is 0 Å². The number of hydrogen-bond donors (Lipinski definition) is 0. The number of benzene rings is 2. The minimum absolute atomic E-state index is 0.969. The molecule has 0 saturated heterocycles. The summed E-state index contributed by atoms with van der Waals surface area (Å²) in [6.45, 7) is 8.33. The topological polar surface area (TPSA) is 0 Å². The summed E-state index contributed by atoms with van der Waals surface area (Å²) in [5, 5.41) is 0. The first-order valence-corrected chi connectivity index (χ1v) is 9.01. The van der Waals surface area contributed by atoms with Crippen LogP contribution in [0.1, 0.15) is 57.1 Å². The number of hydrogen-bond acceptors (Lipinski definition) is 0. The summed E-state index contributed by atoms with van der Waals surface area (Å²) >= 11 is 0. The lowest BCUT2D eigenvalue weighted by atomic mass is 9.99. The molecule has 2 rings (SSSR count). The number of rotatable bonds is 9. The smallest absolute Gasteiger partial charge is 0.00726 e. The predicted octanol–water partition coefficient (Wildman–Crippen LogP) is 6.99. The molecular weight excluding hydrogens is 276 g/mol. The molecule has 2 aromatic rings. The van der Waals surface area contributed by atoms with Crippen LogP contribution in [-0.2, 0) is 12.8 Å². The van der Waals surface area contributed by atoms with E-state index in [-0.39, 0.29) is 0 Å². The first-order chi connectivity index (χ1) is 11.2. The van der Waals surface area contributed by atoms with E-state index in [4.69, 9.17) is 0 Å². The molecule has 0 aromatic heterocycles. The average molecular weight is 306 g/mol. The van der Waals surface area contributed by atoms with Gasteiger partial charge in [0.25, 0.3) is 0 Å². The maximum atomic E-state index is 3.98. The van der Waals surface area contributed by atoms with E-state index in [1.54, 1.807) is 0 Å². The number of aryl methyl sites for hydroxylation is 1. The van der Waals surface area contributed by atoms with Gasteiger partial charge in [0.15, 0.2) is 0 Å². The first kappa shape index (κ1) is 17.5. The zero-order valence-electron chi connectivity index (χ0n) is 14.8. The SMILES string of the molecule is C=C(C)Cc1ccc(-c2ccc(CCCCCCC)cc2)cc1. The van der Waals surface area contributed by atoms with Crippen LogP contribution in [0.25, 0.3) is 11.1 Å². The standard InChI is InChI=1S/C23H30/c1-4-5-6-7-8-9-20-10-14-22(15-11-20)23-16-12-21(13-17-23)18-19(2)3/h10-17H,2,4-9,18H2,1,3H3. The lowest BCUT2D eigenvalue weighted by Crippen LogP contribution is -1.88. The van der Waals surface area contributed by atoms with Gasteiger partial charge < -0.3 is 0 Å². The van der Waals surface area contributed by atoms with Crippen LogP contribution in [-0.4, -0.2) is 0 Å². The molecule has 0 fully saturated rings. The fourth-order valence-electron chi connectivity index (χ4n) is 2.96. The largest absolute Gasteiger partial charge is 0.0998 e. The molecule has 0 unspecified atom stereocenters. The quantitative estimate of drug-likeness (QED) is 0.346. The van der Waals surface area contributed by atoms with Crippen LogP contribution in [0.3, 0.4) is 0 Å². The van der Waals surface area contributed by atoms with Crippen LogP contribution in [0.15, 0.2) is 60.7 Å². The van der Waals surface area contributed by atoms with Crippen LogP contribution >= 0.6 is 0 Å². The minimum atomic E-state index is 0.969. The van der Waals surface area contributed by atoms with Crippen LogP contribution in [0.2, 0.25) is 0 Å². The Morgan fingerprint density at radius 2 is 1.26 bits per heavy atom. The molecule has 0 radical (unpaired) electrons. The van der Waals surface area contributed by atoms with Gasteiger partial charge in [0.05, 0.1) is 0 Å². The first-order valence-electron chi connectivity index (χ1n) is 9.01. The number of unbranched alkanes of at least 4 members (excludes halogenated alkanes) is 4. The second kappa shape index (κ2) is 9.35. The summed E-state index contributed by atoms with van der Waals surface area (Å²) in [6, 6.07) is 18.0. The van der Waals surface area contributed by atoms with Gasteiger partial charge >= 0.3 is 0 Å². The van der Waals surface area contributed by atoms with E-state index in [9.17, 15) is 0 Å². The lowest BCUT2D eigenvalue weighted by molar-refractivity contribution is 0.632. The Morgan fingerprint density at radius 3 is 1.78 bits per heavy atom. The Hall–Kier alpha value is -1.82. The van der Waals surface area contributed by atoms with Gasteiger partial charge in [0, 0.05) is 0 Å². The van der Waals surface area contributed by atoms with Crippen molar-refractivity contribution in [3.05, 3.63) is 71.8 Å². The molecular formula is C23H30. The minimum Gasteiger partial charge on any atom is -0.0998 e. The molecule has 0 nitrogen and oxygen atoms in total. The molecule has 0 aliphatic carbocycles. The van der Waals surface area contributed by atoms with E-state index in [2.05, 4.69) is 69.0 Å². The molecule has 0 N–H and O–H groups in total. The third-order valence-corrected chi connectivity index (χ3v) is 4.32. The van der Waals surface area contributed by atoms with Crippen LogP contribution in [0, 0.1) is 0 Å². The molecule has 0 atom stereocenters. The molecule has 0 heteroatoms. The van der Waals surface area contributed by atoms with Crippen LogP contribution < -0.4 is 0 Å². The molecule has 23 heavy (non-hydrogen) atoms. The molecule has 0 spiro atoms. The summed E-state index contributed by atoms with van der Waals surface area (Å²) in [6.07, 6.45) is 8.93. The van der Waals surface area contributed by atoms with Crippen molar-refractivity contribution in [2.24, 2.45) is 0 Å².